The Balaban J connectivity index is 1.74. The van der Waals surface area contributed by atoms with Crippen LogP contribution in [0.15, 0.2) is 65.0 Å². The molecule has 0 unspecified atom stereocenters. The van der Waals surface area contributed by atoms with Crippen LogP contribution < -0.4 is 14.8 Å². The zero-order valence-corrected chi connectivity index (χ0v) is 21.4. The van der Waals surface area contributed by atoms with Gasteiger partial charge < -0.3 is 24.6 Å². The highest BCUT2D eigenvalue weighted by molar-refractivity contribution is 6.04. The number of carbonyl (C=O) groups excluding carboxylic acids is 2. The molecule has 0 saturated heterocycles. The molecule has 2 N–H and O–H groups in total. The van der Waals surface area contributed by atoms with Crippen molar-refractivity contribution in [3.8, 4) is 17.2 Å². The zero-order chi connectivity index (χ0) is 26.0. The van der Waals surface area contributed by atoms with Crippen molar-refractivity contribution < 1.29 is 28.9 Å². The molecule has 2 atom stereocenters. The van der Waals surface area contributed by atoms with Crippen molar-refractivity contribution in [1.82, 2.24) is 5.32 Å². The van der Waals surface area contributed by atoms with E-state index in [0.717, 1.165) is 16.8 Å². The largest absolute Gasteiger partial charge is 0.508 e. The summed E-state index contributed by atoms with van der Waals surface area (Å²) < 4.78 is 16.4. The molecule has 4 rings (SSSR count). The molecule has 7 nitrogen and oxygen atoms in total. The number of phenols is 1. The first-order chi connectivity index (χ1) is 17.2. The number of carbonyl (C=O) groups is 2. The van der Waals surface area contributed by atoms with E-state index in [9.17, 15) is 14.7 Å². The molecule has 190 valence electrons. The van der Waals surface area contributed by atoms with Crippen molar-refractivity contribution in [1.29, 1.82) is 0 Å². The lowest BCUT2D eigenvalue weighted by Crippen LogP contribution is -2.36. The van der Waals surface area contributed by atoms with E-state index in [1.165, 1.54) is 0 Å². The number of methoxy groups -OCH3 is 2. The summed E-state index contributed by atoms with van der Waals surface area (Å²) in [7, 11) is 3.18. The Morgan fingerprint density at radius 2 is 1.69 bits per heavy atom. The van der Waals surface area contributed by atoms with Gasteiger partial charge in [0.1, 0.15) is 5.75 Å². The molecule has 0 fully saturated rings. The first-order valence-electron chi connectivity index (χ1n) is 12.2. The maximum atomic E-state index is 13.7. The van der Waals surface area contributed by atoms with Crippen molar-refractivity contribution in [3.05, 3.63) is 76.1 Å². The van der Waals surface area contributed by atoms with Crippen LogP contribution >= 0.6 is 0 Å². The fourth-order valence-electron chi connectivity index (χ4n) is 4.97. The summed E-state index contributed by atoms with van der Waals surface area (Å²) in [5.74, 6) is 0.479. The summed E-state index contributed by atoms with van der Waals surface area (Å²) in [6, 6.07) is 12.4. The molecule has 0 bridgehead atoms. The Morgan fingerprint density at radius 1 is 1.03 bits per heavy atom. The molecule has 1 aliphatic heterocycles. The summed E-state index contributed by atoms with van der Waals surface area (Å²) in [5, 5.41) is 13.2. The Kier molecular flexibility index (Phi) is 7.38. The number of esters is 1. The Bertz CT molecular complexity index is 1220. The molecule has 1 aliphatic carbocycles. The number of benzene rings is 2. The van der Waals surface area contributed by atoms with Crippen LogP contribution in [-0.2, 0) is 14.3 Å². The second-order valence-corrected chi connectivity index (χ2v) is 9.72. The molecule has 1 heterocycles. The summed E-state index contributed by atoms with van der Waals surface area (Å²) in [6.07, 6.45) is 0.911. The summed E-state index contributed by atoms with van der Waals surface area (Å²) in [6.45, 7) is 6.09. The highest BCUT2D eigenvalue weighted by atomic mass is 16.5. The van der Waals surface area contributed by atoms with Gasteiger partial charge in [-0.15, -0.1) is 0 Å². The molecule has 0 amide bonds. The number of phenolic OH excluding ortho intramolecular Hbond substituents is 1. The Morgan fingerprint density at radius 3 is 2.33 bits per heavy atom. The molecule has 2 aromatic carbocycles. The average molecular weight is 492 g/mol. The number of nitrogens with one attached hydrogen (secondary N) is 1. The topological polar surface area (TPSA) is 94.1 Å². The average Bonchev–Trinajstić information content (AvgIpc) is 2.86. The third-order valence-corrected chi connectivity index (χ3v) is 6.70. The minimum absolute atomic E-state index is 0.0248. The fraction of sp³-hybridized carbons (Fsp3) is 0.379. The van der Waals surface area contributed by atoms with E-state index in [1.54, 1.807) is 38.5 Å². The minimum Gasteiger partial charge on any atom is -0.508 e. The fourth-order valence-corrected chi connectivity index (χ4v) is 4.97. The van der Waals surface area contributed by atoms with Crippen LogP contribution in [0.1, 0.15) is 56.6 Å². The van der Waals surface area contributed by atoms with Crippen molar-refractivity contribution in [2.75, 3.05) is 20.8 Å². The van der Waals surface area contributed by atoms with Crippen molar-refractivity contribution in [2.24, 2.45) is 5.92 Å². The van der Waals surface area contributed by atoms with E-state index in [0.29, 0.717) is 47.8 Å². The molecule has 7 heteroatoms. The third kappa shape index (κ3) is 4.96. The van der Waals surface area contributed by atoms with Gasteiger partial charge >= 0.3 is 5.97 Å². The standard InChI is InChI=1S/C29H33NO6/c1-16(2)15-36-29(33)26-17(3)30-22-12-20(19-8-11-24(34-4)25(14-19)35-5)13-23(32)28(22)27(26)18-6-9-21(31)10-7-18/h6-11,14,16,20,27,30-31H,12-13,15H2,1-5H3/t20-,27+/m1/s1. The smallest absolute Gasteiger partial charge is 0.336 e. The van der Waals surface area contributed by atoms with Crippen LogP contribution in [0.25, 0.3) is 0 Å². The quantitative estimate of drug-likeness (QED) is 0.528. The zero-order valence-electron chi connectivity index (χ0n) is 21.4. The summed E-state index contributed by atoms with van der Waals surface area (Å²) in [4.78, 5) is 26.9. The predicted molar refractivity (Wildman–Crippen MR) is 136 cm³/mol. The summed E-state index contributed by atoms with van der Waals surface area (Å²) in [5.41, 5.74) is 4.23. The molecule has 2 aromatic rings. The normalized spacial score (nSPS) is 19.7. The van der Waals surface area contributed by atoms with Crippen LogP contribution in [-0.4, -0.2) is 37.7 Å². The van der Waals surface area contributed by atoms with Gasteiger partial charge in [0.25, 0.3) is 0 Å². The van der Waals surface area contributed by atoms with Gasteiger partial charge in [-0.25, -0.2) is 4.79 Å². The van der Waals surface area contributed by atoms with Gasteiger partial charge in [-0.05, 0) is 60.6 Å². The highest BCUT2D eigenvalue weighted by Gasteiger charge is 2.41. The van der Waals surface area contributed by atoms with Gasteiger partial charge in [0.2, 0.25) is 0 Å². The summed E-state index contributed by atoms with van der Waals surface area (Å²) >= 11 is 0. The van der Waals surface area contributed by atoms with Crippen LogP contribution in [0.2, 0.25) is 0 Å². The van der Waals surface area contributed by atoms with Crippen molar-refractivity contribution >= 4 is 11.8 Å². The van der Waals surface area contributed by atoms with Crippen LogP contribution in [0.5, 0.6) is 17.2 Å². The lowest BCUT2D eigenvalue weighted by atomic mass is 9.71. The number of ether oxygens (including phenoxy) is 3. The third-order valence-electron chi connectivity index (χ3n) is 6.70. The van der Waals surface area contributed by atoms with Crippen molar-refractivity contribution in [2.45, 2.75) is 45.4 Å². The maximum absolute atomic E-state index is 13.7. The SMILES string of the molecule is COc1ccc([C@H]2CC(=O)C3=C(C2)NC(C)=C(C(=O)OCC(C)C)[C@@H]3c2ccc(O)cc2)cc1OC. The van der Waals surface area contributed by atoms with Crippen LogP contribution in [0.4, 0.5) is 0 Å². The number of Topliss-reactive ketones (excluding diaryl/α,β-unsaturated/α-hetero) is 1. The van der Waals surface area contributed by atoms with E-state index in [2.05, 4.69) is 5.32 Å². The van der Waals surface area contributed by atoms with Gasteiger partial charge in [-0.2, -0.15) is 0 Å². The van der Waals surface area contributed by atoms with E-state index < -0.39 is 11.9 Å². The van der Waals surface area contributed by atoms with E-state index in [-0.39, 0.29) is 23.4 Å². The second-order valence-electron chi connectivity index (χ2n) is 9.72. The van der Waals surface area contributed by atoms with Gasteiger partial charge in [0.15, 0.2) is 17.3 Å². The number of hydrogen-bond donors (Lipinski definition) is 2. The molecule has 0 radical (unpaired) electrons. The monoisotopic (exact) mass is 491 g/mol. The van der Waals surface area contributed by atoms with Gasteiger partial charge in [0, 0.05) is 29.3 Å². The second kappa shape index (κ2) is 10.5. The molecular weight excluding hydrogens is 458 g/mol. The van der Waals surface area contributed by atoms with Gasteiger partial charge in [0.05, 0.1) is 26.4 Å². The van der Waals surface area contributed by atoms with Crippen LogP contribution in [0.3, 0.4) is 0 Å². The number of hydrogen-bond acceptors (Lipinski definition) is 7. The van der Waals surface area contributed by atoms with E-state index in [4.69, 9.17) is 14.2 Å². The van der Waals surface area contributed by atoms with Gasteiger partial charge in [-0.1, -0.05) is 32.0 Å². The lowest BCUT2D eigenvalue weighted by Gasteiger charge is -2.37. The number of rotatable bonds is 7. The molecule has 2 aliphatic rings. The van der Waals surface area contributed by atoms with E-state index in [1.807, 2.05) is 39.0 Å². The predicted octanol–water partition coefficient (Wildman–Crippen LogP) is 4.97. The van der Waals surface area contributed by atoms with E-state index >= 15 is 0 Å². The minimum atomic E-state index is -0.569. The highest BCUT2D eigenvalue weighted by Crippen LogP contribution is 2.46. The van der Waals surface area contributed by atoms with Crippen LogP contribution in [0, 0.1) is 5.92 Å². The van der Waals surface area contributed by atoms with Gasteiger partial charge in [-0.3, -0.25) is 4.79 Å². The molecular formula is C29H33NO6. The Hall–Kier alpha value is -3.74. The maximum Gasteiger partial charge on any atom is 0.336 e. The number of aromatic hydroxyl groups is 1. The molecule has 0 spiro atoms. The first-order valence-corrected chi connectivity index (χ1v) is 12.2. The number of dihydropyridines is 1. The first kappa shape index (κ1) is 25.4. The molecule has 0 saturated carbocycles. The number of ketones is 1. The lowest BCUT2D eigenvalue weighted by molar-refractivity contribution is -0.140. The molecule has 0 aromatic heterocycles. The van der Waals surface area contributed by atoms with Crippen molar-refractivity contribution in [3.63, 3.8) is 0 Å². The Labute approximate surface area is 211 Å². The molecule has 36 heavy (non-hydrogen) atoms. The number of allylic oxidation sites excluding steroid dienone is 3.